The second kappa shape index (κ2) is 7.97. The molecule has 122 valence electrons. The molecule has 22 heavy (non-hydrogen) atoms. The van der Waals surface area contributed by atoms with Crippen molar-refractivity contribution in [3.05, 3.63) is 33.4 Å². The van der Waals surface area contributed by atoms with Crippen molar-refractivity contribution in [2.24, 2.45) is 0 Å². The zero-order valence-corrected chi connectivity index (χ0v) is 14.5. The summed E-state index contributed by atoms with van der Waals surface area (Å²) in [5.41, 5.74) is 4.68. The molecule has 1 aromatic rings. The lowest BCUT2D eigenvalue weighted by atomic mass is 9.84. The van der Waals surface area contributed by atoms with E-state index < -0.39 is 11.9 Å². The Bertz CT molecular complexity index is 522. The van der Waals surface area contributed by atoms with Crippen molar-refractivity contribution in [2.75, 3.05) is 14.2 Å². The van der Waals surface area contributed by atoms with E-state index in [1.807, 2.05) is 27.7 Å². The van der Waals surface area contributed by atoms with Gasteiger partial charge in [0.25, 0.3) is 0 Å². The summed E-state index contributed by atoms with van der Waals surface area (Å²) in [5.74, 6) is -0.936. The Kier molecular flexibility index (Phi) is 6.60. The first-order valence-corrected chi connectivity index (χ1v) is 7.75. The van der Waals surface area contributed by atoms with E-state index in [4.69, 9.17) is 9.47 Å². The molecule has 4 nitrogen and oxygen atoms in total. The summed E-state index contributed by atoms with van der Waals surface area (Å²) in [6, 6.07) is 0. The SMILES string of the molecule is CCCc1c(C)c(C)c(CCC)c(C(=O)OC)c1C(=O)OC. The summed E-state index contributed by atoms with van der Waals surface area (Å²) in [7, 11) is 2.68. The minimum atomic E-state index is -0.468. The number of carbonyl (C=O) groups excluding carboxylic acids is 2. The minimum Gasteiger partial charge on any atom is -0.465 e. The molecule has 4 heteroatoms. The molecular weight excluding hydrogens is 280 g/mol. The first-order chi connectivity index (χ1) is 10.4. The molecule has 0 spiro atoms. The molecule has 1 aromatic carbocycles. The highest BCUT2D eigenvalue weighted by Crippen LogP contribution is 2.31. The first kappa shape index (κ1) is 18.2. The molecule has 0 fully saturated rings. The van der Waals surface area contributed by atoms with Gasteiger partial charge >= 0.3 is 11.9 Å². The van der Waals surface area contributed by atoms with Crippen molar-refractivity contribution in [2.45, 2.75) is 53.4 Å². The van der Waals surface area contributed by atoms with Crippen molar-refractivity contribution >= 4 is 11.9 Å². The van der Waals surface area contributed by atoms with E-state index in [-0.39, 0.29) is 0 Å². The third-order valence-corrected chi connectivity index (χ3v) is 4.10. The van der Waals surface area contributed by atoms with Crippen LogP contribution >= 0.6 is 0 Å². The molecule has 0 N–H and O–H groups in total. The molecule has 0 aliphatic heterocycles. The number of hydrogen-bond acceptors (Lipinski definition) is 4. The van der Waals surface area contributed by atoms with Crippen LogP contribution in [-0.4, -0.2) is 26.2 Å². The highest BCUT2D eigenvalue weighted by atomic mass is 16.5. The molecule has 0 saturated heterocycles. The van der Waals surface area contributed by atoms with Gasteiger partial charge in [-0.3, -0.25) is 0 Å². The molecule has 1 rings (SSSR count). The largest absolute Gasteiger partial charge is 0.465 e. The lowest BCUT2D eigenvalue weighted by Gasteiger charge is -2.21. The number of carbonyl (C=O) groups is 2. The van der Waals surface area contributed by atoms with Crippen LogP contribution in [0.4, 0.5) is 0 Å². The third kappa shape index (κ3) is 3.32. The van der Waals surface area contributed by atoms with Crippen LogP contribution in [0.5, 0.6) is 0 Å². The van der Waals surface area contributed by atoms with Gasteiger partial charge in [0.2, 0.25) is 0 Å². The first-order valence-electron chi connectivity index (χ1n) is 7.75. The molecular formula is C18H26O4. The van der Waals surface area contributed by atoms with Crippen LogP contribution in [0.25, 0.3) is 0 Å². The summed E-state index contributed by atoms with van der Waals surface area (Å²) < 4.78 is 9.88. The molecule has 0 aliphatic carbocycles. The molecule has 0 saturated carbocycles. The molecule has 0 atom stereocenters. The van der Waals surface area contributed by atoms with Gasteiger partial charge in [-0.25, -0.2) is 9.59 Å². The van der Waals surface area contributed by atoms with E-state index in [1.54, 1.807) is 0 Å². The van der Waals surface area contributed by atoms with Crippen LogP contribution in [0.1, 0.15) is 69.7 Å². The number of methoxy groups -OCH3 is 2. The van der Waals surface area contributed by atoms with Crippen LogP contribution < -0.4 is 0 Å². The quantitative estimate of drug-likeness (QED) is 0.750. The second-order valence-corrected chi connectivity index (χ2v) is 5.44. The maximum absolute atomic E-state index is 12.3. The molecule has 0 unspecified atom stereocenters. The van der Waals surface area contributed by atoms with Crippen molar-refractivity contribution < 1.29 is 19.1 Å². The highest BCUT2D eigenvalue weighted by Gasteiger charge is 2.28. The predicted molar refractivity (Wildman–Crippen MR) is 86.6 cm³/mol. The third-order valence-electron chi connectivity index (χ3n) is 4.10. The van der Waals surface area contributed by atoms with Crippen LogP contribution in [0.2, 0.25) is 0 Å². The van der Waals surface area contributed by atoms with Crippen molar-refractivity contribution in [1.29, 1.82) is 0 Å². The average Bonchev–Trinajstić information content (AvgIpc) is 2.52. The van der Waals surface area contributed by atoms with Crippen LogP contribution in [0, 0.1) is 13.8 Å². The number of benzene rings is 1. The summed E-state index contributed by atoms with van der Waals surface area (Å²) >= 11 is 0. The Morgan fingerprint density at radius 1 is 0.773 bits per heavy atom. The van der Waals surface area contributed by atoms with Gasteiger partial charge in [-0.1, -0.05) is 26.7 Å². The van der Waals surface area contributed by atoms with Crippen molar-refractivity contribution in [3.8, 4) is 0 Å². The zero-order valence-electron chi connectivity index (χ0n) is 14.5. The van der Waals surface area contributed by atoms with Gasteiger partial charge in [0.05, 0.1) is 25.3 Å². The van der Waals surface area contributed by atoms with Gasteiger partial charge in [0, 0.05) is 0 Å². The molecule has 0 bridgehead atoms. The maximum atomic E-state index is 12.3. The van der Waals surface area contributed by atoms with Gasteiger partial charge in [-0.15, -0.1) is 0 Å². The summed E-state index contributed by atoms with van der Waals surface area (Å²) in [6.45, 7) is 8.11. The Hall–Kier alpha value is -1.84. The number of ether oxygens (including phenoxy) is 2. The van der Waals surface area contributed by atoms with E-state index in [0.717, 1.165) is 47.9 Å². The Balaban J connectivity index is 3.85. The van der Waals surface area contributed by atoms with Gasteiger partial charge in [-0.05, 0) is 48.9 Å². The van der Waals surface area contributed by atoms with Crippen molar-refractivity contribution in [3.63, 3.8) is 0 Å². The van der Waals surface area contributed by atoms with Crippen LogP contribution in [0.3, 0.4) is 0 Å². The molecule has 0 aromatic heterocycles. The Labute approximate surface area is 132 Å². The topological polar surface area (TPSA) is 52.6 Å². The molecule has 0 aliphatic rings. The maximum Gasteiger partial charge on any atom is 0.339 e. The molecule has 0 heterocycles. The smallest absolute Gasteiger partial charge is 0.339 e. The fourth-order valence-corrected chi connectivity index (χ4v) is 2.91. The van der Waals surface area contributed by atoms with Gasteiger partial charge in [0.15, 0.2) is 0 Å². The van der Waals surface area contributed by atoms with E-state index in [1.165, 1.54) is 14.2 Å². The van der Waals surface area contributed by atoms with E-state index in [9.17, 15) is 9.59 Å². The van der Waals surface area contributed by atoms with Gasteiger partial charge < -0.3 is 9.47 Å². The number of esters is 2. The predicted octanol–water partition coefficient (Wildman–Crippen LogP) is 3.78. The van der Waals surface area contributed by atoms with E-state index >= 15 is 0 Å². The molecule has 0 radical (unpaired) electrons. The molecule has 0 amide bonds. The minimum absolute atomic E-state index is 0.378. The summed E-state index contributed by atoms with van der Waals surface area (Å²) in [6.07, 6.45) is 3.23. The number of rotatable bonds is 6. The zero-order chi connectivity index (χ0) is 16.9. The second-order valence-electron chi connectivity index (χ2n) is 5.44. The van der Waals surface area contributed by atoms with Gasteiger partial charge in [0.1, 0.15) is 0 Å². The average molecular weight is 306 g/mol. The normalized spacial score (nSPS) is 10.5. The lowest BCUT2D eigenvalue weighted by Crippen LogP contribution is -2.20. The fraction of sp³-hybridized carbons (Fsp3) is 0.556. The van der Waals surface area contributed by atoms with Crippen LogP contribution in [-0.2, 0) is 22.3 Å². The van der Waals surface area contributed by atoms with E-state index in [2.05, 4.69) is 0 Å². The number of hydrogen-bond donors (Lipinski definition) is 0. The lowest BCUT2D eigenvalue weighted by molar-refractivity contribution is 0.0553. The highest BCUT2D eigenvalue weighted by molar-refractivity contribution is 6.06. The fourth-order valence-electron chi connectivity index (χ4n) is 2.91. The summed E-state index contributed by atoms with van der Waals surface area (Å²) in [4.78, 5) is 24.7. The standard InChI is InChI=1S/C18H26O4/c1-7-9-13-11(3)12(4)14(10-8-2)16(18(20)22-6)15(13)17(19)21-5/h7-10H2,1-6H3. The van der Waals surface area contributed by atoms with E-state index in [0.29, 0.717) is 11.1 Å². The van der Waals surface area contributed by atoms with Crippen molar-refractivity contribution in [1.82, 2.24) is 0 Å². The monoisotopic (exact) mass is 306 g/mol. The Morgan fingerprint density at radius 3 is 1.32 bits per heavy atom. The Morgan fingerprint density at radius 2 is 1.09 bits per heavy atom. The van der Waals surface area contributed by atoms with Crippen LogP contribution in [0.15, 0.2) is 0 Å². The van der Waals surface area contributed by atoms with Gasteiger partial charge in [-0.2, -0.15) is 0 Å². The summed E-state index contributed by atoms with van der Waals surface area (Å²) in [5, 5.41) is 0.